The molecule has 68 heavy (non-hydrogen) atoms. The molecule has 0 saturated heterocycles. The fourth-order valence-corrected chi connectivity index (χ4v) is 8.07. The molecular weight excluding hydrogens is 957 g/mol. The number of hydrogen-bond donors (Lipinski definition) is 1. The standard InChI is InChI=1S/C24BF20.C22H39N/c26-5-1(6(27)14(35)21(42)13(5)34)25(2-7(28)15(36)22(43)16(37)8(2)29,3-9(30)17(38)23(44)18(39)10(3)31)4-11(32)19(40)24(45)20(41)12(4)33;1-2-3-4-5-6-7-8-9-10-11-12-13-14-18-21-23-22-19-16-15-17-20-22/h;15-17,19-20,23H,2-14,18,21H2,1H3/q-1;/p+1. The van der Waals surface area contributed by atoms with Gasteiger partial charge in [-0.2, -0.15) is 0 Å². The lowest BCUT2D eigenvalue weighted by Gasteiger charge is -2.44. The third kappa shape index (κ3) is 11.1. The van der Waals surface area contributed by atoms with Crippen LogP contribution in [0, 0.1) is 116 Å². The van der Waals surface area contributed by atoms with Crippen molar-refractivity contribution in [1.29, 1.82) is 0 Å². The molecule has 5 aromatic carbocycles. The molecule has 0 aromatic heterocycles. The van der Waals surface area contributed by atoms with Crippen molar-refractivity contribution < 1.29 is 93.1 Å². The summed E-state index contributed by atoms with van der Waals surface area (Å²) in [7, 11) is 0. The van der Waals surface area contributed by atoms with Gasteiger partial charge >= 0.3 is 0 Å². The van der Waals surface area contributed by atoms with E-state index in [-0.39, 0.29) is 0 Å². The van der Waals surface area contributed by atoms with Gasteiger partial charge in [-0.15, -0.1) is 21.9 Å². The zero-order chi connectivity index (χ0) is 50.8. The Balaban J connectivity index is 0.000000369. The van der Waals surface area contributed by atoms with E-state index in [9.17, 15) is 52.7 Å². The second-order valence-electron chi connectivity index (χ2n) is 15.8. The molecule has 0 aliphatic carbocycles. The topological polar surface area (TPSA) is 16.6 Å². The zero-order valence-electron chi connectivity index (χ0n) is 35.7. The highest BCUT2D eigenvalue weighted by Crippen LogP contribution is 2.31. The van der Waals surface area contributed by atoms with Crippen LogP contribution < -0.4 is 27.2 Å². The molecule has 5 rings (SSSR count). The van der Waals surface area contributed by atoms with E-state index >= 15 is 35.1 Å². The number of quaternary nitrogens is 1. The molecule has 5 aromatic rings. The molecule has 0 saturated carbocycles. The molecular formula is C46H40BF20N. The predicted molar refractivity (Wildman–Crippen MR) is 212 cm³/mol. The van der Waals surface area contributed by atoms with Gasteiger partial charge < -0.3 is 5.32 Å². The first kappa shape index (κ1) is 55.3. The number of hydrogen-bond acceptors (Lipinski definition) is 0. The summed E-state index contributed by atoms with van der Waals surface area (Å²) in [6, 6.07) is 10.7. The summed E-state index contributed by atoms with van der Waals surface area (Å²) in [4.78, 5) is 0. The zero-order valence-corrected chi connectivity index (χ0v) is 35.7. The summed E-state index contributed by atoms with van der Waals surface area (Å²) in [6.45, 7) is 3.53. The average Bonchev–Trinajstić information content (AvgIpc) is 3.33. The molecule has 0 unspecified atom stereocenters. The fourth-order valence-electron chi connectivity index (χ4n) is 8.07. The van der Waals surface area contributed by atoms with Crippen molar-refractivity contribution in [1.82, 2.24) is 0 Å². The number of benzene rings is 5. The highest BCUT2D eigenvalue weighted by Gasteiger charge is 2.52. The van der Waals surface area contributed by atoms with Crippen molar-refractivity contribution >= 4 is 33.7 Å². The maximum atomic E-state index is 15.4. The Morgan fingerprint density at radius 2 is 0.485 bits per heavy atom. The molecule has 0 aliphatic rings. The minimum absolute atomic E-state index is 1.24. The Morgan fingerprint density at radius 3 is 0.721 bits per heavy atom. The van der Waals surface area contributed by atoms with Gasteiger partial charge in [-0.05, 0) is 25.0 Å². The van der Waals surface area contributed by atoms with Gasteiger partial charge in [0.1, 0.15) is 58.4 Å². The second-order valence-corrected chi connectivity index (χ2v) is 15.8. The van der Waals surface area contributed by atoms with Crippen LogP contribution in [0.1, 0.15) is 96.8 Å². The predicted octanol–water partition coefficient (Wildman–Crippen LogP) is 12.2. The van der Waals surface area contributed by atoms with Crippen molar-refractivity contribution in [3.05, 3.63) is 147 Å². The van der Waals surface area contributed by atoms with Crippen LogP contribution in [-0.2, 0) is 0 Å². The quantitative estimate of drug-likeness (QED) is 0.0200. The maximum Gasteiger partial charge on any atom is 0.200 e. The van der Waals surface area contributed by atoms with Gasteiger partial charge in [0.2, 0.25) is 0 Å². The molecule has 22 heteroatoms. The Labute approximate surface area is 376 Å². The molecule has 0 heterocycles. The largest absolute Gasteiger partial charge is 0.314 e. The van der Waals surface area contributed by atoms with Crippen molar-refractivity contribution in [2.75, 3.05) is 6.54 Å². The van der Waals surface area contributed by atoms with Gasteiger partial charge in [-0.3, -0.25) is 0 Å². The highest BCUT2D eigenvalue weighted by molar-refractivity contribution is 7.20. The molecule has 0 bridgehead atoms. The summed E-state index contributed by atoms with van der Waals surface area (Å²) in [5.74, 6) is -71.4. The number of rotatable bonds is 20. The molecule has 0 radical (unpaired) electrons. The lowest BCUT2D eigenvalue weighted by molar-refractivity contribution is -0.572. The van der Waals surface area contributed by atoms with Gasteiger partial charge in [0.25, 0.3) is 0 Å². The fraction of sp³-hybridized carbons (Fsp3) is 0.348. The van der Waals surface area contributed by atoms with E-state index in [4.69, 9.17) is 0 Å². The lowest BCUT2D eigenvalue weighted by atomic mass is 9.12. The average molecular weight is 998 g/mol. The van der Waals surface area contributed by atoms with Gasteiger partial charge in [-0.25, -0.2) is 87.8 Å². The van der Waals surface area contributed by atoms with Crippen LogP contribution >= 0.6 is 0 Å². The first-order valence-corrected chi connectivity index (χ1v) is 21.2. The molecule has 2 N–H and O–H groups in total. The van der Waals surface area contributed by atoms with Crippen LogP contribution in [0.5, 0.6) is 0 Å². The Morgan fingerprint density at radius 1 is 0.279 bits per heavy atom. The van der Waals surface area contributed by atoms with Gasteiger partial charge in [-0.1, -0.05) is 102 Å². The van der Waals surface area contributed by atoms with E-state index in [2.05, 4.69) is 42.6 Å². The SMILES string of the molecule is CCCCCCCCCCCCCCCC[NH2+]c1ccccc1.Fc1c(F)c(F)c([B-](c2c(F)c(F)c(F)c(F)c2F)(c2c(F)c(F)c(F)c(F)c2F)c2c(F)c(F)c(F)c(F)c2F)c(F)c1F. The molecule has 372 valence electrons. The Bertz CT molecular complexity index is 2170. The van der Waals surface area contributed by atoms with Crippen molar-refractivity contribution in [3.63, 3.8) is 0 Å². The Kier molecular flexibility index (Phi) is 19.8. The van der Waals surface area contributed by atoms with Crippen LogP contribution in [0.4, 0.5) is 93.5 Å². The van der Waals surface area contributed by atoms with E-state index in [1.165, 1.54) is 102 Å². The maximum absolute atomic E-state index is 15.4. The number of para-hydroxylation sites is 1. The number of halogens is 20. The molecule has 0 fully saturated rings. The van der Waals surface area contributed by atoms with Gasteiger partial charge in [0, 0.05) is 0 Å². The lowest BCUT2D eigenvalue weighted by Crippen LogP contribution is -2.81. The summed E-state index contributed by atoms with van der Waals surface area (Å²) in [5, 5.41) is 2.38. The molecule has 0 spiro atoms. The monoisotopic (exact) mass is 997 g/mol. The van der Waals surface area contributed by atoms with Crippen LogP contribution in [0.25, 0.3) is 0 Å². The highest BCUT2D eigenvalue weighted by atomic mass is 19.2. The molecule has 0 atom stereocenters. The van der Waals surface area contributed by atoms with E-state index in [0.29, 0.717) is 0 Å². The van der Waals surface area contributed by atoms with Crippen LogP contribution in [0.3, 0.4) is 0 Å². The van der Waals surface area contributed by atoms with Gasteiger partial charge in [0.15, 0.2) is 69.8 Å². The van der Waals surface area contributed by atoms with Crippen molar-refractivity contribution in [2.45, 2.75) is 96.8 Å². The van der Waals surface area contributed by atoms with Crippen LogP contribution in [-0.4, -0.2) is 12.7 Å². The third-order valence-electron chi connectivity index (χ3n) is 11.4. The van der Waals surface area contributed by atoms with E-state index in [1.807, 2.05) is 0 Å². The smallest absolute Gasteiger partial charge is 0.200 e. The first-order valence-electron chi connectivity index (χ1n) is 21.2. The molecule has 0 aliphatic heterocycles. The third-order valence-corrected chi connectivity index (χ3v) is 11.4. The normalized spacial score (nSPS) is 11.7. The summed E-state index contributed by atoms with van der Waals surface area (Å²) in [5.41, 5.74) is -13.0. The van der Waals surface area contributed by atoms with Crippen LogP contribution in [0.2, 0.25) is 0 Å². The van der Waals surface area contributed by atoms with E-state index in [1.54, 1.807) is 0 Å². The minimum Gasteiger partial charge on any atom is -0.314 e. The minimum atomic E-state index is -7.22. The molecule has 1 nitrogen and oxygen atoms in total. The number of nitrogens with two attached hydrogens (primary N) is 1. The van der Waals surface area contributed by atoms with Crippen molar-refractivity contribution in [3.8, 4) is 0 Å². The molecule has 0 amide bonds. The summed E-state index contributed by atoms with van der Waals surface area (Å²) < 4.78 is 294. The second kappa shape index (κ2) is 24.3. The number of unbranched alkanes of at least 4 members (excludes halogenated alkanes) is 13. The summed E-state index contributed by atoms with van der Waals surface area (Å²) >= 11 is 0. The van der Waals surface area contributed by atoms with E-state index < -0.39 is 144 Å². The summed E-state index contributed by atoms with van der Waals surface area (Å²) in [6.07, 6.45) is 12.9. The first-order chi connectivity index (χ1) is 32.1. The van der Waals surface area contributed by atoms with Gasteiger partial charge in [0.05, 0.1) is 6.54 Å². The van der Waals surface area contributed by atoms with E-state index in [0.717, 1.165) is 0 Å². The Hall–Kier alpha value is -5.28. The van der Waals surface area contributed by atoms with Crippen LogP contribution in [0.15, 0.2) is 30.3 Å². The van der Waals surface area contributed by atoms with Crippen molar-refractivity contribution in [2.24, 2.45) is 0 Å².